The molecule has 1 aliphatic carbocycles. The molecule has 1 aromatic heterocycles. The maximum absolute atomic E-state index is 12.3. The minimum atomic E-state index is -0.104. The van der Waals surface area contributed by atoms with E-state index in [1.165, 1.54) is 11.3 Å². The van der Waals surface area contributed by atoms with Crippen LogP contribution in [-0.4, -0.2) is 36.9 Å². The summed E-state index contributed by atoms with van der Waals surface area (Å²) in [5.41, 5.74) is 2.87. The van der Waals surface area contributed by atoms with Gasteiger partial charge in [-0.1, -0.05) is 13.0 Å². The minimum absolute atomic E-state index is 0.104. The van der Waals surface area contributed by atoms with Crippen LogP contribution in [0, 0.1) is 0 Å². The minimum Gasteiger partial charge on any atom is -0.377 e. The van der Waals surface area contributed by atoms with Gasteiger partial charge in [0.15, 0.2) is 0 Å². The summed E-state index contributed by atoms with van der Waals surface area (Å²) in [5.74, 6) is 0.0810. The van der Waals surface area contributed by atoms with Gasteiger partial charge in [-0.15, -0.1) is 11.3 Å². The Bertz CT molecular complexity index is 782. The number of anilines is 2. The molecule has 1 N–H and O–H groups in total. The Hall–Kier alpha value is -2.34. The van der Waals surface area contributed by atoms with Gasteiger partial charge in [0.1, 0.15) is 0 Å². The summed E-state index contributed by atoms with van der Waals surface area (Å²) < 4.78 is 0. The second-order valence-corrected chi connectivity index (χ2v) is 7.72. The van der Waals surface area contributed by atoms with Gasteiger partial charge in [-0.3, -0.25) is 9.59 Å². The van der Waals surface area contributed by atoms with E-state index in [-0.39, 0.29) is 11.8 Å². The fourth-order valence-electron chi connectivity index (χ4n) is 3.02. The zero-order valence-corrected chi connectivity index (χ0v) is 16.3. The molecule has 6 heteroatoms. The fraction of sp³-hybridized carbons (Fsp3) is 0.400. The average Bonchev–Trinajstić information content (AvgIpc) is 3.31. The molecular formula is C20H25N3O2S. The maximum Gasteiger partial charge on any atom is 0.265 e. The monoisotopic (exact) mass is 371 g/mol. The maximum atomic E-state index is 12.3. The molecule has 0 radical (unpaired) electrons. The van der Waals surface area contributed by atoms with E-state index in [0.29, 0.717) is 23.9 Å². The van der Waals surface area contributed by atoms with Crippen molar-refractivity contribution in [1.82, 2.24) is 4.90 Å². The molecule has 26 heavy (non-hydrogen) atoms. The predicted molar refractivity (Wildman–Crippen MR) is 107 cm³/mol. The van der Waals surface area contributed by atoms with Crippen molar-refractivity contribution in [3.63, 3.8) is 0 Å². The standard InChI is InChI=1S/C20H25N3O2S/c1-4-19(24)23(16-8-9-16)13-14-12-15(7-10-17(14)22(2)3)21-20(25)18-6-5-11-26-18/h5-7,10-12,16H,4,8-9,13H2,1-3H3,(H,21,25). The molecule has 2 amide bonds. The largest absolute Gasteiger partial charge is 0.377 e. The third kappa shape index (κ3) is 4.25. The Morgan fingerprint density at radius 1 is 1.23 bits per heavy atom. The number of amides is 2. The van der Waals surface area contributed by atoms with Crippen LogP contribution in [-0.2, 0) is 11.3 Å². The zero-order chi connectivity index (χ0) is 18.7. The summed E-state index contributed by atoms with van der Waals surface area (Å²) >= 11 is 1.42. The molecule has 0 aliphatic heterocycles. The van der Waals surface area contributed by atoms with Gasteiger partial charge >= 0.3 is 0 Å². The molecule has 0 saturated heterocycles. The third-order valence-electron chi connectivity index (χ3n) is 4.52. The summed E-state index contributed by atoms with van der Waals surface area (Å²) in [7, 11) is 3.98. The summed E-state index contributed by atoms with van der Waals surface area (Å²) in [6, 6.07) is 9.93. The average molecular weight is 372 g/mol. The number of nitrogens with one attached hydrogen (secondary N) is 1. The Morgan fingerprint density at radius 3 is 2.58 bits per heavy atom. The van der Waals surface area contributed by atoms with Gasteiger partial charge in [-0.05, 0) is 48.1 Å². The molecule has 1 heterocycles. The number of carbonyl (C=O) groups is 2. The number of benzene rings is 1. The van der Waals surface area contributed by atoms with Crippen LogP contribution >= 0.6 is 11.3 Å². The van der Waals surface area contributed by atoms with Crippen LogP contribution in [0.4, 0.5) is 11.4 Å². The van der Waals surface area contributed by atoms with Gasteiger partial charge in [-0.25, -0.2) is 0 Å². The lowest BCUT2D eigenvalue weighted by atomic mass is 10.1. The Labute approximate surface area is 158 Å². The number of rotatable bonds is 7. The molecular weight excluding hydrogens is 346 g/mol. The smallest absolute Gasteiger partial charge is 0.265 e. The number of carbonyl (C=O) groups excluding carboxylic acids is 2. The van der Waals surface area contributed by atoms with Crippen molar-refractivity contribution in [3.05, 3.63) is 46.2 Å². The van der Waals surface area contributed by atoms with E-state index in [0.717, 1.165) is 29.8 Å². The van der Waals surface area contributed by atoms with Crippen LogP contribution < -0.4 is 10.2 Å². The predicted octanol–water partition coefficient (Wildman–Crippen LogP) is 3.97. The number of thiophene rings is 1. The highest BCUT2D eigenvalue weighted by molar-refractivity contribution is 7.12. The van der Waals surface area contributed by atoms with Gasteiger partial charge in [-0.2, -0.15) is 0 Å². The van der Waals surface area contributed by atoms with Crippen LogP contribution in [0.15, 0.2) is 35.7 Å². The molecule has 0 bridgehead atoms. The van der Waals surface area contributed by atoms with Gasteiger partial charge < -0.3 is 15.1 Å². The van der Waals surface area contributed by atoms with Gasteiger partial charge in [0.25, 0.3) is 5.91 Å². The second kappa shape index (κ2) is 7.91. The van der Waals surface area contributed by atoms with Crippen molar-refractivity contribution in [2.45, 2.75) is 38.8 Å². The highest BCUT2D eigenvalue weighted by atomic mass is 32.1. The van der Waals surface area contributed by atoms with Crippen LogP contribution in [0.2, 0.25) is 0 Å². The lowest BCUT2D eigenvalue weighted by Gasteiger charge is -2.26. The third-order valence-corrected chi connectivity index (χ3v) is 5.38. The van der Waals surface area contributed by atoms with Gasteiger partial charge in [0, 0.05) is 44.5 Å². The number of hydrogen-bond acceptors (Lipinski definition) is 4. The van der Waals surface area contributed by atoms with E-state index in [2.05, 4.69) is 5.32 Å². The number of nitrogens with zero attached hydrogens (tertiary/aromatic N) is 2. The lowest BCUT2D eigenvalue weighted by molar-refractivity contribution is -0.132. The van der Waals surface area contributed by atoms with Crippen LogP contribution in [0.3, 0.4) is 0 Å². The van der Waals surface area contributed by atoms with E-state index in [9.17, 15) is 9.59 Å². The fourth-order valence-corrected chi connectivity index (χ4v) is 3.64. The molecule has 1 fully saturated rings. The first-order valence-corrected chi connectivity index (χ1v) is 9.82. The molecule has 138 valence electrons. The molecule has 5 nitrogen and oxygen atoms in total. The first-order chi connectivity index (χ1) is 12.5. The van der Waals surface area contributed by atoms with Crippen molar-refractivity contribution in [2.75, 3.05) is 24.3 Å². The molecule has 1 aliphatic rings. The summed E-state index contributed by atoms with van der Waals surface area (Å²) in [5, 5.41) is 4.85. The van der Waals surface area contributed by atoms with Crippen LogP contribution in [0.1, 0.15) is 41.4 Å². The molecule has 1 aromatic carbocycles. The first-order valence-electron chi connectivity index (χ1n) is 8.94. The molecule has 3 rings (SSSR count). The van der Waals surface area contributed by atoms with Crippen LogP contribution in [0.25, 0.3) is 0 Å². The topological polar surface area (TPSA) is 52.7 Å². The molecule has 0 unspecified atom stereocenters. The van der Waals surface area contributed by atoms with E-state index < -0.39 is 0 Å². The second-order valence-electron chi connectivity index (χ2n) is 6.78. The summed E-state index contributed by atoms with van der Waals surface area (Å²) in [4.78, 5) is 29.4. The summed E-state index contributed by atoms with van der Waals surface area (Å²) in [6.07, 6.45) is 2.68. The Balaban J connectivity index is 1.84. The number of hydrogen-bond donors (Lipinski definition) is 1. The van der Waals surface area contributed by atoms with Crippen molar-refractivity contribution >= 4 is 34.5 Å². The van der Waals surface area contributed by atoms with Crippen molar-refractivity contribution in [3.8, 4) is 0 Å². The normalized spacial score (nSPS) is 13.3. The molecule has 0 atom stereocenters. The van der Waals surface area contributed by atoms with Crippen molar-refractivity contribution < 1.29 is 9.59 Å². The van der Waals surface area contributed by atoms with E-state index in [1.807, 2.05) is 66.5 Å². The van der Waals surface area contributed by atoms with Gasteiger partial charge in [0.2, 0.25) is 5.91 Å². The van der Waals surface area contributed by atoms with E-state index >= 15 is 0 Å². The van der Waals surface area contributed by atoms with Crippen molar-refractivity contribution in [1.29, 1.82) is 0 Å². The summed E-state index contributed by atoms with van der Waals surface area (Å²) in [6.45, 7) is 2.48. The quantitative estimate of drug-likeness (QED) is 0.801. The highest BCUT2D eigenvalue weighted by Gasteiger charge is 2.32. The molecule has 1 saturated carbocycles. The Kier molecular flexibility index (Phi) is 5.61. The van der Waals surface area contributed by atoms with Crippen LogP contribution in [0.5, 0.6) is 0 Å². The van der Waals surface area contributed by atoms with Crippen molar-refractivity contribution in [2.24, 2.45) is 0 Å². The van der Waals surface area contributed by atoms with E-state index in [1.54, 1.807) is 0 Å². The molecule has 2 aromatic rings. The van der Waals surface area contributed by atoms with Gasteiger partial charge in [0.05, 0.1) is 4.88 Å². The van der Waals surface area contributed by atoms with E-state index in [4.69, 9.17) is 0 Å². The SMILES string of the molecule is CCC(=O)N(Cc1cc(NC(=O)c2cccs2)ccc1N(C)C)C1CC1. The molecule has 0 spiro atoms. The lowest BCUT2D eigenvalue weighted by Crippen LogP contribution is -2.32. The zero-order valence-electron chi connectivity index (χ0n) is 15.5. The highest BCUT2D eigenvalue weighted by Crippen LogP contribution is 2.32. The first kappa shape index (κ1) is 18.5. The Morgan fingerprint density at radius 2 is 2.00 bits per heavy atom.